The van der Waals surface area contributed by atoms with Crippen LogP contribution in [0.3, 0.4) is 0 Å². The summed E-state index contributed by atoms with van der Waals surface area (Å²) in [5, 5.41) is 5.40. The number of carbonyl (C=O) groups is 4. The van der Waals surface area contributed by atoms with Crippen LogP contribution in [0.15, 0.2) is 24.3 Å². The summed E-state index contributed by atoms with van der Waals surface area (Å²) in [4.78, 5) is 50.8. The van der Waals surface area contributed by atoms with Gasteiger partial charge in [-0.25, -0.2) is 0 Å². The Morgan fingerprint density at radius 2 is 1.93 bits per heavy atom. The monoisotopic (exact) mass is 413 g/mol. The minimum atomic E-state index is -0.708. The number of rotatable bonds is 6. The van der Waals surface area contributed by atoms with Gasteiger partial charge in [0.05, 0.1) is 11.3 Å². The van der Waals surface area contributed by atoms with Gasteiger partial charge in [-0.2, -0.15) is 0 Å². The maximum Gasteiger partial charge on any atom is 0.237 e. The average Bonchev–Trinajstić information content (AvgIpc) is 2.75. The Bertz CT molecular complexity index is 820. The van der Waals surface area contributed by atoms with E-state index >= 15 is 0 Å². The number of hydrogen-bond acceptors (Lipinski definition) is 4. The summed E-state index contributed by atoms with van der Waals surface area (Å²) >= 11 is 0. The van der Waals surface area contributed by atoms with E-state index in [0.717, 1.165) is 31.4 Å². The quantitative estimate of drug-likeness (QED) is 0.701. The molecule has 30 heavy (non-hydrogen) atoms. The number of likely N-dealkylation sites (tertiary alicyclic amines) is 1. The van der Waals surface area contributed by atoms with Crippen LogP contribution in [0.5, 0.6) is 0 Å². The topological polar surface area (TPSA) is 95.6 Å². The number of amides is 4. The summed E-state index contributed by atoms with van der Waals surface area (Å²) in [6.07, 6.45) is 4.35. The summed E-state index contributed by atoms with van der Waals surface area (Å²) in [6.45, 7) is 5.11. The second kappa shape index (κ2) is 9.41. The van der Waals surface area contributed by atoms with Crippen molar-refractivity contribution >= 4 is 29.3 Å². The van der Waals surface area contributed by atoms with Gasteiger partial charge in [0.2, 0.25) is 23.6 Å². The number of piperidine rings is 2. The Labute approximate surface area is 177 Å². The Hall–Kier alpha value is -2.70. The van der Waals surface area contributed by atoms with Gasteiger partial charge in [-0.15, -0.1) is 0 Å². The standard InChI is InChI=1S/C23H31N3O4/c1-3-6-20(28)26-14-5-7-16(15-26)21(29)24-18-10-8-17(9-11-18)23(4-2)13-12-19(27)25-22(23)30/h8-11,16H,3-7,12-15H2,1-2H3,(H,24,29)(H,25,27,30)/t16-,23+/m1/s1. The lowest BCUT2D eigenvalue weighted by molar-refractivity contribution is -0.138. The van der Waals surface area contributed by atoms with Gasteiger partial charge in [0.15, 0.2) is 0 Å². The molecule has 0 unspecified atom stereocenters. The fourth-order valence-electron chi connectivity index (χ4n) is 4.47. The van der Waals surface area contributed by atoms with Gasteiger partial charge in [-0.1, -0.05) is 26.0 Å². The van der Waals surface area contributed by atoms with Crippen LogP contribution < -0.4 is 10.6 Å². The second-order valence-electron chi connectivity index (χ2n) is 8.31. The van der Waals surface area contributed by atoms with Gasteiger partial charge in [0, 0.05) is 31.6 Å². The minimum Gasteiger partial charge on any atom is -0.342 e. The van der Waals surface area contributed by atoms with Crippen molar-refractivity contribution in [1.82, 2.24) is 10.2 Å². The van der Waals surface area contributed by atoms with Gasteiger partial charge in [0.1, 0.15) is 0 Å². The lowest BCUT2D eigenvalue weighted by Gasteiger charge is -2.35. The number of nitrogens with zero attached hydrogens (tertiary/aromatic N) is 1. The highest BCUT2D eigenvalue weighted by Gasteiger charge is 2.42. The number of hydrogen-bond donors (Lipinski definition) is 2. The third-order valence-electron chi connectivity index (χ3n) is 6.38. The molecule has 0 radical (unpaired) electrons. The van der Waals surface area contributed by atoms with E-state index in [9.17, 15) is 19.2 Å². The molecule has 0 aliphatic carbocycles. The SMILES string of the molecule is CCCC(=O)N1CCC[C@@H](C(=O)Nc2ccc([C@]3(CC)CCC(=O)NC3=O)cc2)C1. The van der Waals surface area contributed by atoms with Crippen LogP contribution in [0.4, 0.5) is 5.69 Å². The predicted molar refractivity (Wildman–Crippen MR) is 114 cm³/mol. The molecule has 3 rings (SSSR count). The molecule has 7 heteroatoms. The number of imide groups is 1. The summed E-state index contributed by atoms with van der Waals surface area (Å²) in [7, 11) is 0. The predicted octanol–water partition coefficient (Wildman–Crippen LogP) is 2.75. The summed E-state index contributed by atoms with van der Waals surface area (Å²) in [5.74, 6) is -0.656. The maximum atomic E-state index is 12.7. The van der Waals surface area contributed by atoms with E-state index in [1.165, 1.54) is 0 Å². The molecule has 0 aromatic heterocycles. The van der Waals surface area contributed by atoms with E-state index in [1.54, 1.807) is 17.0 Å². The molecule has 1 aromatic carbocycles. The number of benzene rings is 1. The number of nitrogens with one attached hydrogen (secondary N) is 2. The van der Waals surface area contributed by atoms with E-state index in [-0.39, 0.29) is 29.5 Å². The molecule has 4 amide bonds. The van der Waals surface area contributed by atoms with E-state index in [0.29, 0.717) is 37.9 Å². The Kier molecular flexibility index (Phi) is 6.90. The zero-order valence-corrected chi connectivity index (χ0v) is 17.8. The first kappa shape index (κ1) is 22.0. The fourth-order valence-corrected chi connectivity index (χ4v) is 4.47. The first-order valence-corrected chi connectivity index (χ1v) is 10.9. The minimum absolute atomic E-state index is 0.0806. The maximum absolute atomic E-state index is 12.7. The molecule has 0 saturated carbocycles. The van der Waals surface area contributed by atoms with Crippen LogP contribution in [0.25, 0.3) is 0 Å². The van der Waals surface area contributed by atoms with Crippen molar-refractivity contribution < 1.29 is 19.2 Å². The Morgan fingerprint density at radius 1 is 1.20 bits per heavy atom. The molecule has 1 aromatic rings. The molecular weight excluding hydrogens is 382 g/mol. The van der Waals surface area contributed by atoms with Crippen LogP contribution in [-0.4, -0.2) is 41.6 Å². The zero-order valence-electron chi connectivity index (χ0n) is 17.8. The molecule has 2 atom stereocenters. The third kappa shape index (κ3) is 4.55. The largest absolute Gasteiger partial charge is 0.342 e. The van der Waals surface area contributed by atoms with E-state index < -0.39 is 5.41 Å². The highest BCUT2D eigenvalue weighted by molar-refractivity contribution is 6.03. The molecule has 7 nitrogen and oxygen atoms in total. The van der Waals surface area contributed by atoms with E-state index in [1.807, 2.05) is 26.0 Å². The zero-order chi connectivity index (χ0) is 21.7. The van der Waals surface area contributed by atoms with Gasteiger partial charge in [-0.05, 0) is 49.8 Å². The first-order chi connectivity index (χ1) is 14.4. The molecule has 0 spiro atoms. The lowest BCUT2D eigenvalue weighted by Crippen LogP contribution is -2.51. The van der Waals surface area contributed by atoms with Crippen LogP contribution >= 0.6 is 0 Å². The van der Waals surface area contributed by atoms with Crippen molar-refractivity contribution in [2.75, 3.05) is 18.4 Å². The second-order valence-corrected chi connectivity index (χ2v) is 8.31. The molecule has 2 fully saturated rings. The van der Waals surface area contributed by atoms with Crippen molar-refractivity contribution in [2.24, 2.45) is 5.92 Å². The fraction of sp³-hybridized carbons (Fsp3) is 0.565. The first-order valence-electron chi connectivity index (χ1n) is 10.9. The molecule has 2 N–H and O–H groups in total. The molecule has 0 bridgehead atoms. The average molecular weight is 414 g/mol. The molecular formula is C23H31N3O4. The smallest absolute Gasteiger partial charge is 0.237 e. The van der Waals surface area contributed by atoms with Crippen molar-refractivity contribution in [1.29, 1.82) is 0 Å². The molecule has 2 heterocycles. The Balaban J connectivity index is 1.65. The highest BCUT2D eigenvalue weighted by Crippen LogP contribution is 2.36. The molecule has 2 saturated heterocycles. The van der Waals surface area contributed by atoms with Gasteiger partial charge in [0.25, 0.3) is 0 Å². The molecule has 2 aliphatic heterocycles. The van der Waals surface area contributed by atoms with Crippen LogP contribution in [0.2, 0.25) is 0 Å². The van der Waals surface area contributed by atoms with E-state index in [2.05, 4.69) is 10.6 Å². The van der Waals surface area contributed by atoms with Gasteiger partial charge < -0.3 is 10.2 Å². The number of anilines is 1. The van der Waals surface area contributed by atoms with Gasteiger partial charge in [-0.3, -0.25) is 24.5 Å². The molecule has 2 aliphatic rings. The summed E-state index contributed by atoms with van der Waals surface area (Å²) in [6, 6.07) is 7.31. The van der Waals surface area contributed by atoms with Crippen LogP contribution in [-0.2, 0) is 24.6 Å². The van der Waals surface area contributed by atoms with Crippen molar-refractivity contribution in [3.05, 3.63) is 29.8 Å². The Morgan fingerprint density at radius 3 is 2.57 bits per heavy atom. The van der Waals surface area contributed by atoms with E-state index in [4.69, 9.17) is 0 Å². The van der Waals surface area contributed by atoms with Gasteiger partial charge >= 0.3 is 0 Å². The molecule has 162 valence electrons. The van der Waals surface area contributed by atoms with Crippen molar-refractivity contribution in [3.63, 3.8) is 0 Å². The normalized spacial score (nSPS) is 24.3. The highest BCUT2D eigenvalue weighted by atomic mass is 16.2. The third-order valence-corrected chi connectivity index (χ3v) is 6.38. The van der Waals surface area contributed by atoms with Crippen molar-refractivity contribution in [2.45, 2.75) is 64.2 Å². The van der Waals surface area contributed by atoms with Crippen LogP contribution in [0, 0.1) is 5.92 Å². The summed E-state index contributed by atoms with van der Waals surface area (Å²) < 4.78 is 0. The van der Waals surface area contributed by atoms with Crippen molar-refractivity contribution in [3.8, 4) is 0 Å². The lowest BCUT2D eigenvalue weighted by atomic mass is 9.72. The number of carbonyl (C=O) groups excluding carboxylic acids is 4. The summed E-state index contributed by atoms with van der Waals surface area (Å²) in [5.41, 5.74) is 0.807. The van der Waals surface area contributed by atoms with Crippen LogP contribution in [0.1, 0.15) is 64.4 Å².